The van der Waals surface area contributed by atoms with Gasteiger partial charge >= 0.3 is 0 Å². The van der Waals surface area contributed by atoms with Crippen molar-refractivity contribution in [3.63, 3.8) is 0 Å². The Kier molecular flexibility index (Phi) is 5.81. The number of amides is 2. The molecule has 0 radical (unpaired) electrons. The number of rotatable bonds is 3. The van der Waals surface area contributed by atoms with Crippen LogP contribution in [0.25, 0.3) is 0 Å². The Morgan fingerprint density at radius 2 is 1.79 bits per heavy atom. The molecule has 33 heavy (non-hydrogen) atoms. The highest BCUT2D eigenvalue weighted by Gasteiger charge is 2.46. The van der Waals surface area contributed by atoms with Crippen LogP contribution in [0.15, 0.2) is 30.5 Å². The van der Waals surface area contributed by atoms with Crippen molar-refractivity contribution in [1.29, 1.82) is 0 Å². The maximum Gasteiger partial charge on any atom is 0.257 e. The number of benzene rings is 1. The van der Waals surface area contributed by atoms with Crippen LogP contribution in [-0.2, 0) is 16.6 Å². The number of hydrogen-bond acceptors (Lipinski definition) is 5. The third-order valence-electron chi connectivity index (χ3n) is 7.71. The molecule has 2 saturated heterocycles. The van der Waals surface area contributed by atoms with Crippen LogP contribution in [0.5, 0.6) is 0 Å². The SMILES string of the molecule is Cc1ccccc1CC(=O)N1CCC2(CC1)CN(C)C(=O)c1cnc(N3CCCCC3)nc12. The average molecular weight is 448 g/mol. The summed E-state index contributed by atoms with van der Waals surface area (Å²) in [5.74, 6) is 0.929. The van der Waals surface area contributed by atoms with Gasteiger partial charge in [-0.3, -0.25) is 9.59 Å². The summed E-state index contributed by atoms with van der Waals surface area (Å²) in [7, 11) is 1.86. The Hall–Kier alpha value is -2.96. The van der Waals surface area contributed by atoms with Crippen molar-refractivity contribution in [3.8, 4) is 0 Å². The predicted octanol–water partition coefficient (Wildman–Crippen LogP) is 2.96. The van der Waals surface area contributed by atoms with Gasteiger partial charge in [0.2, 0.25) is 11.9 Å². The standard InChI is InChI=1S/C26H33N5O2/c1-19-8-4-5-9-20(19)16-22(32)30-14-10-26(11-15-30)18-29(2)24(33)21-17-27-25(28-23(21)26)31-12-6-3-7-13-31/h4-5,8-9,17H,3,6-7,10-16,18H2,1-2H3. The summed E-state index contributed by atoms with van der Waals surface area (Å²) in [4.78, 5) is 41.6. The Morgan fingerprint density at radius 3 is 2.52 bits per heavy atom. The van der Waals surface area contributed by atoms with Gasteiger partial charge in [-0.15, -0.1) is 0 Å². The molecule has 2 amide bonds. The van der Waals surface area contributed by atoms with Crippen LogP contribution < -0.4 is 4.90 Å². The smallest absolute Gasteiger partial charge is 0.257 e. The quantitative estimate of drug-likeness (QED) is 0.724. The van der Waals surface area contributed by atoms with Gasteiger partial charge in [-0.2, -0.15) is 0 Å². The van der Waals surface area contributed by atoms with E-state index in [9.17, 15) is 9.59 Å². The highest BCUT2D eigenvalue weighted by molar-refractivity contribution is 5.96. The summed E-state index contributed by atoms with van der Waals surface area (Å²) in [6.45, 7) is 6.03. The summed E-state index contributed by atoms with van der Waals surface area (Å²) in [5, 5.41) is 0. The maximum absolute atomic E-state index is 13.0. The Balaban J connectivity index is 1.37. The molecular weight excluding hydrogens is 414 g/mol. The van der Waals surface area contributed by atoms with Crippen LogP contribution in [0.3, 0.4) is 0 Å². The number of carbonyl (C=O) groups is 2. The zero-order chi connectivity index (χ0) is 23.0. The van der Waals surface area contributed by atoms with Gasteiger partial charge in [-0.25, -0.2) is 9.97 Å². The molecule has 2 fully saturated rings. The predicted molar refractivity (Wildman–Crippen MR) is 127 cm³/mol. The van der Waals surface area contributed by atoms with Crippen LogP contribution in [0, 0.1) is 6.92 Å². The Morgan fingerprint density at radius 1 is 1.06 bits per heavy atom. The van der Waals surface area contributed by atoms with Gasteiger partial charge in [0, 0.05) is 51.4 Å². The lowest BCUT2D eigenvalue weighted by atomic mass is 9.71. The second-order valence-corrected chi connectivity index (χ2v) is 9.91. The molecular formula is C26H33N5O2. The van der Waals surface area contributed by atoms with E-state index in [0.717, 1.165) is 61.5 Å². The maximum atomic E-state index is 13.0. The molecule has 7 nitrogen and oxygen atoms in total. The number of fused-ring (bicyclic) bond motifs is 2. The molecule has 3 aliphatic rings. The minimum atomic E-state index is -0.217. The summed E-state index contributed by atoms with van der Waals surface area (Å²) >= 11 is 0. The number of hydrogen-bond donors (Lipinski definition) is 0. The second kappa shape index (κ2) is 8.76. The molecule has 0 unspecified atom stereocenters. The molecule has 2 aromatic rings. The highest BCUT2D eigenvalue weighted by atomic mass is 16.2. The number of aromatic nitrogens is 2. The van der Waals surface area contributed by atoms with E-state index in [1.165, 1.54) is 6.42 Å². The topological polar surface area (TPSA) is 69.6 Å². The van der Waals surface area contributed by atoms with Gasteiger partial charge in [0.1, 0.15) is 0 Å². The number of aryl methyl sites for hydroxylation is 1. The largest absolute Gasteiger partial charge is 0.342 e. The molecule has 7 heteroatoms. The molecule has 1 aromatic heterocycles. The van der Waals surface area contributed by atoms with Crippen molar-refractivity contribution in [2.45, 2.75) is 50.9 Å². The van der Waals surface area contributed by atoms with E-state index in [1.54, 1.807) is 11.1 Å². The van der Waals surface area contributed by atoms with E-state index in [4.69, 9.17) is 4.98 Å². The number of nitrogens with zero attached hydrogens (tertiary/aromatic N) is 5. The van der Waals surface area contributed by atoms with E-state index in [-0.39, 0.29) is 17.2 Å². The first-order valence-electron chi connectivity index (χ1n) is 12.2. The zero-order valence-corrected chi connectivity index (χ0v) is 19.7. The van der Waals surface area contributed by atoms with Crippen LogP contribution in [-0.4, -0.2) is 71.4 Å². The fraction of sp³-hybridized carbons (Fsp3) is 0.538. The van der Waals surface area contributed by atoms with Crippen molar-refractivity contribution in [2.24, 2.45) is 0 Å². The van der Waals surface area contributed by atoms with Gasteiger partial charge in [0.15, 0.2) is 0 Å². The van der Waals surface area contributed by atoms with Crippen molar-refractivity contribution >= 4 is 17.8 Å². The van der Waals surface area contributed by atoms with Crippen molar-refractivity contribution in [2.75, 3.05) is 44.7 Å². The minimum Gasteiger partial charge on any atom is -0.342 e. The number of carbonyl (C=O) groups excluding carboxylic acids is 2. The van der Waals surface area contributed by atoms with E-state index in [0.29, 0.717) is 31.6 Å². The van der Waals surface area contributed by atoms with Gasteiger partial charge in [-0.05, 0) is 50.2 Å². The van der Waals surface area contributed by atoms with Gasteiger partial charge in [-0.1, -0.05) is 24.3 Å². The van der Waals surface area contributed by atoms with Crippen LogP contribution in [0.4, 0.5) is 5.95 Å². The van der Waals surface area contributed by atoms with E-state index < -0.39 is 0 Å². The molecule has 1 spiro atoms. The van der Waals surface area contributed by atoms with E-state index in [1.807, 2.05) is 30.1 Å². The van der Waals surface area contributed by atoms with Gasteiger partial charge in [0.05, 0.1) is 17.7 Å². The average Bonchev–Trinajstić information content (AvgIpc) is 2.85. The Bertz CT molecular complexity index is 1050. The first-order chi connectivity index (χ1) is 16.0. The van der Waals surface area contributed by atoms with E-state index in [2.05, 4.69) is 22.9 Å². The van der Waals surface area contributed by atoms with Crippen molar-refractivity contribution in [3.05, 3.63) is 52.8 Å². The summed E-state index contributed by atoms with van der Waals surface area (Å²) in [5.41, 5.74) is 3.55. The van der Waals surface area contributed by atoms with Crippen molar-refractivity contribution in [1.82, 2.24) is 19.8 Å². The first kappa shape index (κ1) is 21.9. The summed E-state index contributed by atoms with van der Waals surface area (Å²) in [6.07, 6.45) is 7.37. The number of piperidine rings is 2. The molecule has 0 aliphatic carbocycles. The van der Waals surface area contributed by atoms with Crippen LogP contribution >= 0.6 is 0 Å². The minimum absolute atomic E-state index is 0.00104. The molecule has 1 aromatic carbocycles. The fourth-order valence-electron chi connectivity index (χ4n) is 5.65. The lowest BCUT2D eigenvalue weighted by Crippen LogP contribution is -2.55. The zero-order valence-electron chi connectivity index (χ0n) is 19.7. The normalized spacial score (nSPS) is 20.2. The number of likely N-dealkylation sites (N-methyl/N-ethyl adjacent to an activating group) is 1. The monoisotopic (exact) mass is 447 g/mol. The first-order valence-corrected chi connectivity index (χ1v) is 12.2. The van der Waals surface area contributed by atoms with Crippen molar-refractivity contribution < 1.29 is 9.59 Å². The lowest BCUT2D eigenvalue weighted by molar-refractivity contribution is -0.132. The Labute approximate surface area is 195 Å². The molecule has 0 saturated carbocycles. The third-order valence-corrected chi connectivity index (χ3v) is 7.71. The fourth-order valence-corrected chi connectivity index (χ4v) is 5.65. The number of likely N-dealkylation sites (tertiary alicyclic amines) is 1. The van der Waals surface area contributed by atoms with Crippen LogP contribution in [0.2, 0.25) is 0 Å². The summed E-state index contributed by atoms with van der Waals surface area (Å²) < 4.78 is 0. The molecule has 0 bridgehead atoms. The molecule has 174 valence electrons. The third kappa shape index (κ3) is 4.09. The lowest BCUT2D eigenvalue weighted by Gasteiger charge is -2.46. The molecule has 4 heterocycles. The highest BCUT2D eigenvalue weighted by Crippen LogP contribution is 2.41. The molecule has 3 aliphatic heterocycles. The van der Waals surface area contributed by atoms with Gasteiger partial charge in [0.25, 0.3) is 5.91 Å². The van der Waals surface area contributed by atoms with Gasteiger partial charge < -0.3 is 14.7 Å². The van der Waals surface area contributed by atoms with E-state index >= 15 is 0 Å². The number of anilines is 1. The molecule has 5 rings (SSSR count). The second-order valence-electron chi connectivity index (χ2n) is 9.91. The molecule has 0 atom stereocenters. The molecule has 0 N–H and O–H groups in total. The summed E-state index contributed by atoms with van der Waals surface area (Å²) in [6, 6.07) is 8.09. The van der Waals surface area contributed by atoms with Crippen LogP contribution in [0.1, 0.15) is 59.3 Å².